The zero-order valence-corrected chi connectivity index (χ0v) is 10.3. The zero-order chi connectivity index (χ0) is 13.5. The maximum absolute atomic E-state index is 11.6. The van der Waals surface area contributed by atoms with Crippen LogP contribution in [0.3, 0.4) is 0 Å². The molecule has 0 aliphatic heterocycles. The molecular formula is C10H16O7. The van der Waals surface area contributed by atoms with Crippen LogP contribution in [0.15, 0.2) is 0 Å². The van der Waals surface area contributed by atoms with Crippen LogP contribution in [0.25, 0.3) is 0 Å². The van der Waals surface area contributed by atoms with Crippen molar-refractivity contribution in [2.75, 3.05) is 34.5 Å². The molecule has 0 unspecified atom stereocenters. The fourth-order valence-corrected chi connectivity index (χ4v) is 1.22. The summed E-state index contributed by atoms with van der Waals surface area (Å²) in [7, 11) is 3.53. The second-order valence-electron chi connectivity index (χ2n) is 3.28. The van der Waals surface area contributed by atoms with Crippen LogP contribution < -0.4 is 0 Å². The van der Waals surface area contributed by atoms with Crippen LogP contribution in [0.4, 0.5) is 0 Å². The first kappa shape index (κ1) is 15.4. The lowest BCUT2D eigenvalue weighted by Crippen LogP contribution is -2.48. The second kappa shape index (κ2) is 6.85. The number of carbonyl (C=O) groups excluding carboxylic acids is 3. The third-order valence-electron chi connectivity index (χ3n) is 2.06. The van der Waals surface area contributed by atoms with Crippen LogP contribution in [-0.4, -0.2) is 52.5 Å². The Kier molecular flexibility index (Phi) is 6.19. The van der Waals surface area contributed by atoms with Gasteiger partial charge in [0.1, 0.15) is 6.61 Å². The number of methoxy groups -OCH3 is 3. The number of rotatable bonds is 6. The Bertz CT molecular complexity index is 281. The van der Waals surface area contributed by atoms with Gasteiger partial charge >= 0.3 is 17.9 Å². The number of hydrogen-bond donors (Lipinski definition) is 0. The van der Waals surface area contributed by atoms with Crippen molar-refractivity contribution in [2.45, 2.75) is 6.92 Å². The molecule has 0 radical (unpaired) electrons. The molecule has 0 N–H and O–H groups in total. The van der Waals surface area contributed by atoms with Crippen molar-refractivity contribution < 1.29 is 33.3 Å². The predicted molar refractivity (Wildman–Crippen MR) is 55.0 cm³/mol. The summed E-state index contributed by atoms with van der Waals surface area (Å²) in [5, 5.41) is 0. The molecule has 0 aliphatic rings. The number of hydrogen-bond acceptors (Lipinski definition) is 7. The zero-order valence-electron chi connectivity index (χ0n) is 10.3. The van der Waals surface area contributed by atoms with Crippen LogP contribution in [0, 0.1) is 5.41 Å². The van der Waals surface area contributed by atoms with Crippen LogP contribution in [0.1, 0.15) is 6.92 Å². The fourth-order valence-electron chi connectivity index (χ4n) is 1.22. The van der Waals surface area contributed by atoms with E-state index in [1.807, 2.05) is 0 Å². The van der Waals surface area contributed by atoms with Gasteiger partial charge in [0.25, 0.3) is 0 Å². The summed E-state index contributed by atoms with van der Waals surface area (Å²) in [6.45, 7) is 0.362. The van der Waals surface area contributed by atoms with Gasteiger partial charge < -0.3 is 18.9 Å². The molecule has 17 heavy (non-hydrogen) atoms. The highest BCUT2D eigenvalue weighted by Crippen LogP contribution is 2.22. The molecular weight excluding hydrogens is 232 g/mol. The van der Waals surface area contributed by atoms with Crippen molar-refractivity contribution in [3.8, 4) is 0 Å². The van der Waals surface area contributed by atoms with Gasteiger partial charge in [0.15, 0.2) is 0 Å². The van der Waals surface area contributed by atoms with Crippen LogP contribution >= 0.6 is 0 Å². The molecule has 0 atom stereocenters. The van der Waals surface area contributed by atoms with E-state index in [4.69, 9.17) is 4.74 Å². The lowest BCUT2D eigenvalue weighted by Gasteiger charge is -2.26. The van der Waals surface area contributed by atoms with E-state index in [0.29, 0.717) is 0 Å². The molecule has 0 rings (SSSR count). The molecule has 0 saturated carbocycles. The van der Waals surface area contributed by atoms with E-state index in [2.05, 4.69) is 14.2 Å². The summed E-state index contributed by atoms with van der Waals surface area (Å²) in [4.78, 5) is 34.0. The normalized spacial score (nSPS) is 10.6. The molecule has 0 aromatic heterocycles. The summed E-state index contributed by atoms with van der Waals surface area (Å²) in [5.74, 6) is -2.39. The molecule has 0 aliphatic carbocycles. The van der Waals surface area contributed by atoms with Crippen molar-refractivity contribution in [1.29, 1.82) is 0 Å². The van der Waals surface area contributed by atoms with Crippen LogP contribution in [0.5, 0.6) is 0 Å². The van der Waals surface area contributed by atoms with Gasteiger partial charge in [-0.05, 0) is 0 Å². The minimum absolute atomic E-state index is 0.306. The first-order chi connectivity index (χ1) is 7.94. The minimum atomic E-state index is -1.79. The third-order valence-corrected chi connectivity index (χ3v) is 2.06. The molecule has 0 aromatic carbocycles. The standard InChI is InChI=1S/C10H16O7/c1-7(11)17-6-10(5-14-2,8(12)15-3)9(13)16-4/h5-6H2,1-4H3. The summed E-state index contributed by atoms with van der Waals surface area (Å²) in [6, 6.07) is 0. The summed E-state index contributed by atoms with van der Waals surface area (Å²) >= 11 is 0. The molecule has 98 valence electrons. The third kappa shape index (κ3) is 3.70. The van der Waals surface area contributed by atoms with E-state index in [-0.39, 0.29) is 6.61 Å². The van der Waals surface area contributed by atoms with E-state index in [9.17, 15) is 14.4 Å². The highest BCUT2D eigenvalue weighted by Gasteiger charge is 2.50. The van der Waals surface area contributed by atoms with Crippen molar-refractivity contribution >= 4 is 17.9 Å². The Morgan fingerprint density at radius 1 is 0.941 bits per heavy atom. The van der Waals surface area contributed by atoms with E-state index in [0.717, 1.165) is 21.1 Å². The van der Waals surface area contributed by atoms with Gasteiger partial charge in [-0.2, -0.15) is 0 Å². The molecule has 0 spiro atoms. The van der Waals surface area contributed by atoms with Gasteiger partial charge in [0.05, 0.1) is 20.8 Å². The fraction of sp³-hybridized carbons (Fsp3) is 0.700. The van der Waals surface area contributed by atoms with E-state index in [1.54, 1.807) is 0 Å². The topological polar surface area (TPSA) is 88.1 Å². The molecule has 0 aromatic rings. The van der Waals surface area contributed by atoms with Gasteiger partial charge in [0.2, 0.25) is 5.41 Å². The van der Waals surface area contributed by atoms with Gasteiger partial charge in [-0.3, -0.25) is 14.4 Å². The summed E-state index contributed by atoms with van der Waals surface area (Å²) in [6.07, 6.45) is 0. The summed E-state index contributed by atoms with van der Waals surface area (Å²) < 4.78 is 18.5. The highest BCUT2D eigenvalue weighted by molar-refractivity contribution is 6.00. The molecule has 0 bridgehead atoms. The van der Waals surface area contributed by atoms with Crippen LogP contribution in [0.2, 0.25) is 0 Å². The number of esters is 3. The van der Waals surface area contributed by atoms with Crippen molar-refractivity contribution in [2.24, 2.45) is 5.41 Å². The molecule has 0 heterocycles. The first-order valence-corrected chi connectivity index (χ1v) is 4.73. The lowest BCUT2D eigenvalue weighted by molar-refractivity contribution is -0.180. The first-order valence-electron chi connectivity index (χ1n) is 4.73. The van der Waals surface area contributed by atoms with E-state index >= 15 is 0 Å². The minimum Gasteiger partial charge on any atom is -0.468 e. The van der Waals surface area contributed by atoms with Gasteiger partial charge in [-0.25, -0.2) is 0 Å². The van der Waals surface area contributed by atoms with Crippen molar-refractivity contribution in [1.82, 2.24) is 0 Å². The Hall–Kier alpha value is -1.63. The molecule has 0 amide bonds. The van der Waals surface area contributed by atoms with Crippen LogP contribution in [-0.2, 0) is 33.3 Å². The Balaban J connectivity index is 5.15. The SMILES string of the molecule is COCC(COC(C)=O)(C(=O)OC)C(=O)OC. The maximum atomic E-state index is 11.6. The second-order valence-corrected chi connectivity index (χ2v) is 3.28. The average Bonchev–Trinajstić information content (AvgIpc) is 2.32. The quantitative estimate of drug-likeness (QED) is 0.356. The molecule has 7 nitrogen and oxygen atoms in total. The van der Waals surface area contributed by atoms with Gasteiger partial charge in [-0.15, -0.1) is 0 Å². The Morgan fingerprint density at radius 3 is 1.71 bits per heavy atom. The Labute approximate surface area is 99.0 Å². The molecule has 0 fully saturated rings. The van der Waals surface area contributed by atoms with Gasteiger partial charge in [-0.1, -0.05) is 0 Å². The number of ether oxygens (including phenoxy) is 4. The monoisotopic (exact) mass is 248 g/mol. The average molecular weight is 248 g/mol. The maximum Gasteiger partial charge on any atom is 0.329 e. The number of carbonyl (C=O) groups is 3. The van der Waals surface area contributed by atoms with Crippen molar-refractivity contribution in [3.63, 3.8) is 0 Å². The van der Waals surface area contributed by atoms with Crippen molar-refractivity contribution in [3.05, 3.63) is 0 Å². The largest absolute Gasteiger partial charge is 0.468 e. The van der Waals surface area contributed by atoms with Gasteiger partial charge in [0, 0.05) is 14.0 Å². The molecule has 7 heteroatoms. The smallest absolute Gasteiger partial charge is 0.329 e. The highest BCUT2D eigenvalue weighted by atomic mass is 16.6. The summed E-state index contributed by atoms with van der Waals surface area (Å²) in [5.41, 5.74) is -1.79. The Morgan fingerprint density at radius 2 is 1.41 bits per heavy atom. The lowest BCUT2D eigenvalue weighted by atomic mass is 9.90. The molecule has 0 saturated heterocycles. The predicted octanol–water partition coefficient (Wildman–Crippen LogP) is -0.472. The van der Waals surface area contributed by atoms with E-state index < -0.39 is 29.9 Å². The van der Waals surface area contributed by atoms with E-state index in [1.165, 1.54) is 7.11 Å².